The molecule has 0 spiro atoms. The number of halogens is 1. The lowest BCUT2D eigenvalue weighted by atomic mass is 10.2. The van der Waals surface area contributed by atoms with E-state index in [0.29, 0.717) is 16.9 Å². The van der Waals surface area contributed by atoms with Gasteiger partial charge in [-0.3, -0.25) is 9.78 Å². The fourth-order valence-corrected chi connectivity index (χ4v) is 2.33. The highest BCUT2D eigenvalue weighted by molar-refractivity contribution is 5.95. The largest absolute Gasteiger partial charge is 0.493 e. The molecule has 0 aliphatic carbocycles. The number of carbonyl (C=O) groups excluding carboxylic acids is 2. The number of hydrogen-bond acceptors (Lipinski definition) is 6. The average molecular weight is 393 g/mol. The Labute approximate surface area is 165 Å². The van der Waals surface area contributed by atoms with Gasteiger partial charge < -0.3 is 9.47 Å². The molecule has 0 bridgehead atoms. The smallest absolute Gasteiger partial charge is 0.343 e. The number of hydrazone groups is 1. The van der Waals surface area contributed by atoms with Crippen molar-refractivity contribution in [3.05, 3.63) is 89.5 Å². The van der Waals surface area contributed by atoms with E-state index in [1.807, 2.05) is 0 Å². The van der Waals surface area contributed by atoms with Gasteiger partial charge in [0.1, 0.15) is 5.82 Å². The van der Waals surface area contributed by atoms with Gasteiger partial charge in [-0.25, -0.2) is 14.6 Å². The summed E-state index contributed by atoms with van der Waals surface area (Å²) in [5.74, 6) is -0.889. The predicted molar refractivity (Wildman–Crippen MR) is 104 cm³/mol. The van der Waals surface area contributed by atoms with Crippen molar-refractivity contribution in [2.75, 3.05) is 7.11 Å². The van der Waals surface area contributed by atoms with Gasteiger partial charge in [0.05, 0.1) is 18.9 Å². The Morgan fingerprint density at radius 3 is 2.41 bits per heavy atom. The van der Waals surface area contributed by atoms with Crippen LogP contribution in [-0.2, 0) is 0 Å². The summed E-state index contributed by atoms with van der Waals surface area (Å²) in [4.78, 5) is 28.0. The third-order valence-electron chi connectivity index (χ3n) is 3.79. The molecule has 1 N–H and O–H groups in total. The van der Waals surface area contributed by atoms with Crippen molar-refractivity contribution in [1.29, 1.82) is 0 Å². The number of nitrogens with zero attached hydrogens (tertiary/aromatic N) is 2. The molecule has 0 radical (unpaired) electrons. The second-order valence-corrected chi connectivity index (χ2v) is 5.74. The van der Waals surface area contributed by atoms with E-state index in [1.54, 1.807) is 30.3 Å². The van der Waals surface area contributed by atoms with E-state index in [1.165, 1.54) is 50.0 Å². The van der Waals surface area contributed by atoms with Crippen LogP contribution in [0, 0.1) is 5.82 Å². The van der Waals surface area contributed by atoms with Crippen LogP contribution in [0.1, 0.15) is 26.3 Å². The molecule has 0 aliphatic rings. The quantitative estimate of drug-likeness (QED) is 0.301. The second-order valence-electron chi connectivity index (χ2n) is 5.74. The van der Waals surface area contributed by atoms with Gasteiger partial charge in [-0.2, -0.15) is 5.10 Å². The first kappa shape index (κ1) is 19.7. The number of amides is 1. The maximum absolute atomic E-state index is 12.9. The van der Waals surface area contributed by atoms with Crippen molar-refractivity contribution in [2.45, 2.75) is 0 Å². The van der Waals surface area contributed by atoms with Gasteiger partial charge in [-0.1, -0.05) is 0 Å². The number of rotatable bonds is 6. The van der Waals surface area contributed by atoms with Gasteiger partial charge in [0.25, 0.3) is 5.91 Å². The lowest BCUT2D eigenvalue weighted by molar-refractivity contribution is 0.0729. The van der Waals surface area contributed by atoms with Crippen LogP contribution in [0.4, 0.5) is 4.39 Å². The van der Waals surface area contributed by atoms with Crippen molar-refractivity contribution >= 4 is 18.1 Å². The van der Waals surface area contributed by atoms with Crippen LogP contribution in [0.15, 0.2) is 72.1 Å². The third-order valence-corrected chi connectivity index (χ3v) is 3.79. The van der Waals surface area contributed by atoms with Crippen molar-refractivity contribution in [3.8, 4) is 11.5 Å². The van der Waals surface area contributed by atoms with Crippen LogP contribution in [0.2, 0.25) is 0 Å². The fraction of sp³-hybridized carbons (Fsp3) is 0.0476. The molecule has 0 fully saturated rings. The molecule has 0 saturated carbocycles. The summed E-state index contributed by atoms with van der Waals surface area (Å²) in [6.07, 6.45) is 4.39. The van der Waals surface area contributed by atoms with Gasteiger partial charge in [0.15, 0.2) is 11.5 Å². The molecule has 3 rings (SSSR count). The van der Waals surface area contributed by atoms with E-state index < -0.39 is 17.7 Å². The molecular weight excluding hydrogens is 377 g/mol. The van der Waals surface area contributed by atoms with E-state index in [9.17, 15) is 14.0 Å². The summed E-state index contributed by atoms with van der Waals surface area (Å²) in [6, 6.07) is 13.0. The molecule has 8 heteroatoms. The zero-order valence-corrected chi connectivity index (χ0v) is 15.3. The first-order valence-electron chi connectivity index (χ1n) is 8.46. The van der Waals surface area contributed by atoms with Gasteiger partial charge in [-0.05, 0) is 60.2 Å². The molecule has 1 aromatic heterocycles. The Hall–Kier alpha value is -4.07. The Bertz CT molecular complexity index is 1040. The molecule has 2 aromatic carbocycles. The number of methoxy groups -OCH3 is 1. The minimum atomic E-state index is -0.543. The van der Waals surface area contributed by atoms with Gasteiger partial charge in [0.2, 0.25) is 0 Å². The van der Waals surface area contributed by atoms with E-state index in [-0.39, 0.29) is 11.3 Å². The molecule has 3 aromatic rings. The molecule has 0 unspecified atom stereocenters. The number of aromatic nitrogens is 1. The Morgan fingerprint density at radius 1 is 1.00 bits per heavy atom. The standard InChI is InChI=1S/C21H16FN3O4/c1-28-19-12-14(13-24-25-20(26)15-3-5-17(22)6-4-15)2-7-18(19)29-21(27)16-8-10-23-11-9-16/h2-13H,1H3,(H,25,26)/b24-13-. The first-order valence-corrected chi connectivity index (χ1v) is 8.46. The second kappa shape index (κ2) is 9.23. The highest BCUT2D eigenvalue weighted by atomic mass is 19.1. The summed E-state index contributed by atoms with van der Waals surface area (Å²) in [5.41, 5.74) is 3.59. The van der Waals surface area contributed by atoms with Crippen LogP contribution >= 0.6 is 0 Å². The lowest BCUT2D eigenvalue weighted by Gasteiger charge is -2.09. The van der Waals surface area contributed by atoms with E-state index >= 15 is 0 Å². The molecule has 7 nitrogen and oxygen atoms in total. The number of pyridine rings is 1. The highest BCUT2D eigenvalue weighted by Crippen LogP contribution is 2.28. The summed E-state index contributed by atoms with van der Waals surface area (Å²) >= 11 is 0. The van der Waals surface area contributed by atoms with Crippen LogP contribution < -0.4 is 14.9 Å². The maximum Gasteiger partial charge on any atom is 0.343 e. The van der Waals surface area contributed by atoms with E-state index in [0.717, 1.165) is 0 Å². The topological polar surface area (TPSA) is 89.9 Å². The predicted octanol–water partition coefficient (Wildman–Crippen LogP) is 3.21. The summed E-state index contributed by atoms with van der Waals surface area (Å²) in [7, 11) is 1.44. The van der Waals surface area contributed by atoms with E-state index in [4.69, 9.17) is 9.47 Å². The minimum absolute atomic E-state index is 0.238. The summed E-state index contributed by atoms with van der Waals surface area (Å²) in [5, 5.41) is 3.87. The molecule has 146 valence electrons. The molecule has 1 amide bonds. The molecule has 0 saturated heterocycles. The number of benzene rings is 2. The maximum atomic E-state index is 12.9. The van der Waals surface area contributed by atoms with Crippen molar-refractivity contribution < 1.29 is 23.5 Å². The average Bonchev–Trinajstić information content (AvgIpc) is 2.75. The fourth-order valence-electron chi connectivity index (χ4n) is 2.33. The van der Waals surface area contributed by atoms with Crippen LogP contribution in [0.3, 0.4) is 0 Å². The van der Waals surface area contributed by atoms with Gasteiger partial charge >= 0.3 is 5.97 Å². The highest BCUT2D eigenvalue weighted by Gasteiger charge is 2.12. The van der Waals surface area contributed by atoms with Crippen LogP contribution in [0.5, 0.6) is 11.5 Å². The molecular formula is C21H16FN3O4. The van der Waals surface area contributed by atoms with E-state index in [2.05, 4.69) is 15.5 Å². The molecule has 0 aliphatic heterocycles. The van der Waals surface area contributed by atoms with Gasteiger partial charge in [-0.15, -0.1) is 0 Å². The Balaban J connectivity index is 1.66. The first-order chi connectivity index (χ1) is 14.1. The minimum Gasteiger partial charge on any atom is -0.493 e. The normalized spacial score (nSPS) is 10.6. The number of carbonyl (C=O) groups is 2. The SMILES string of the molecule is COc1cc(/C=N\NC(=O)c2ccc(F)cc2)ccc1OC(=O)c1ccncc1. The van der Waals surface area contributed by atoms with Crippen molar-refractivity contribution in [3.63, 3.8) is 0 Å². The summed E-state index contributed by atoms with van der Waals surface area (Å²) < 4.78 is 23.5. The number of ether oxygens (including phenoxy) is 2. The van der Waals surface area contributed by atoms with Crippen molar-refractivity contribution in [2.24, 2.45) is 5.10 Å². The number of esters is 1. The van der Waals surface area contributed by atoms with Gasteiger partial charge in [0, 0.05) is 18.0 Å². The lowest BCUT2D eigenvalue weighted by Crippen LogP contribution is -2.17. The molecule has 29 heavy (non-hydrogen) atoms. The zero-order valence-electron chi connectivity index (χ0n) is 15.3. The van der Waals surface area contributed by atoms with Crippen LogP contribution in [0.25, 0.3) is 0 Å². The number of nitrogens with one attached hydrogen (secondary N) is 1. The third kappa shape index (κ3) is 5.23. The molecule has 1 heterocycles. The zero-order chi connectivity index (χ0) is 20.6. The number of hydrogen-bond donors (Lipinski definition) is 1. The molecule has 0 atom stereocenters. The Morgan fingerprint density at radius 2 is 1.72 bits per heavy atom. The monoisotopic (exact) mass is 393 g/mol. The van der Waals surface area contributed by atoms with Crippen molar-refractivity contribution in [1.82, 2.24) is 10.4 Å². The summed E-state index contributed by atoms with van der Waals surface area (Å²) in [6.45, 7) is 0. The Kier molecular flexibility index (Phi) is 6.26. The van der Waals surface area contributed by atoms with Crippen LogP contribution in [-0.4, -0.2) is 30.2 Å².